The van der Waals surface area contributed by atoms with Crippen molar-refractivity contribution in [2.75, 3.05) is 13.7 Å². The van der Waals surface area contributed by atoms with E-state index >= 15 is 0 Å². The van der Waals surface area contributed by atoms with Crippen LogP contribution in [0.25, 0.3) is 0 Å². The first kappa shape index (κ1) is 14.5. The SMILES string of the molecule is COCC(C)(C)NC(=O)c1ccc(Br)cc1S. The number of carbonyl (C=O) groups excluding carboxylic acids is 1. The van der Waals surface area contributed by atoms with E-state index in [-0.39, 0.29) is 5.91 Å². The lowest BCUT2D eigenvalue weighted by Gasteiger charge is -2.25. The first-order chi connectivity index (χ1) is 7.85. The average molecular weight is 318 g/mol. The van der Waals surface area contributed by atoms with Crippen LogP contribution in [0.15, 0.2) is 27.6 Å². The maximum atomic E-state index is 12.0. The van der Waals surface area contributed by atoms with Crippen LogP contribution in [-0.4, -0.2) is 25.2 Å². The van der Waals surface area contributed by atoms with Crippen molar-refractivity contribution < 1.29 is 9.53 Å². The third kappa shape index (κ3) is 4.33. The third-order valence-corrected chi connectivity index (χ3v) is 3.02. The van der Waals surface area contributed by atoms with E-state index in [1.807, 2.05) is 19.9 Å². The molecule has 0 saturated carbocycles. The predicted molar refractivity (Wildman–Crippen MR) is 74.8 cm³/mol. The molecule has 3 nitrogen and oxygen atoms in total. The highest BCUT2D eigenvalue weighted by atomic mass is 79.9. The van der Waals surface area contributed by atoms with Crippen LogP contribution in [0.1, 0.15) is 24.2 Å². The minimum atomic E-state index is -0.404. The van der Waals surface area contributed by atoms with Gasteiger partial charge < -0.3 is 10.1 Å². The summed E-state index contributed by atoms with van der Waals surface area (Å²) >= 11 is 7.62. The number of ether oxygens (including phenoxy) is 1. The standard InChI is InChI=1S/C12H16BrNO2S/c1-12(2,7-16-3)14-11(15)9-5-4-8(13)6-10(9)17/h4-6,17H,7H2,1-3H3,(H,14,15). The van der Waals surface area contributed by atoms with E-state index in [0.717, 1.165) is 4.47 Å². The number of halogens is 1. The molecule has 0 unspecified atom stereocenters. The maximum absolute atomic E-state index is 12.0. The Morgan fingerprint density at radius 1 is 1.53 bits per heavy atom. The summed E-state index contributed by atoms with van der Waals surface area (Å²) in [5, 5.41) is 2.91. The molecule has 0 aliphatic rings. The van der Waals surface area contributed by atoms with Crippen LogP contribution < -0.4 is 5.32 Å². The van der Waals surface area contributed by atoms with E-state index in [4.69, 9.17) is 4.74 Å². The molecule has 0 heterocycles. The molecule has 0 aromatic heterocycles. The molecular formula is C12H16BrNO2S. The van der Waals surface area contributed by atoms with Crippen LogP contribution in [0.2, 0.25) is 0 Å². The molecule has 1 amide bonds. The molecule has 17 heavy (non-hydrogen) atoms. The smallest absolute Gasteiger partial charge is 0.252 e. The average Bonchev–Trinajstić information content (AvgIpc) is 2.15. The normalized spacial score (nSPS) is 11.4. The number of rotatable bonds is 4. The fourth-order valence-electron chi connectivity index (χ4n) is 1.47. The van der Waals surface area contributed by atoms with Crippen molar-refractivity contribution in [2.45, 2.75) is 24.3 Å². The van der Waals surface area contributed by atoms with Gasteiger partial charge in [-0.05, 0) is 32.0 Å². The van der Waals surface area contributed by atoms with Gasteiger partial charge in [0.25, 0.3) is 5.91 Å². The van der Waals surface area contributed by atoms with Crippen molar-refractivity contribution in [1.29, 1.82) is 0 Å². The molecule has 0 bridgehead atoms. The summed E-state index contributed by atoms with van der Waals surface area (Å²) < 4.78 is 5.95. The molecule has 1 N–H and O–H groups in total. The predicted octanol–water partition coefficient (Wildman–Crippen LogP) is 2.89. The van der Waals surface area contributed by atoms with Crippen LogP contribution in [0.5, 0.6) is 0 Å². The van der Waals surface area contributed by atoms with E-state index in [1.165, 1.54) is 0 Å². The van der Waals surface area contributed by atoms with E-state index in [1.54, 1.807) is 19.2 Å². The highest BCUT2D eigenvalue weighted by Gasteiger charge is 2.21. The number of amides is 1. The second-order valence-corrected chi connectivity index (χ2v) is 5.83. The van der Waals surface area contributed by atoms with Gasteiger partial charge in [-0.3, -0.25) is 4.79 Å². The minimum Gasteiger partial charge on any atom is -0.382 e. The van der Waals surface area contributed by atoms with E-state index < -0.39 is 5.54 Å². The summed E-state index contributed by atoms with van der Waals surface area (Å²) in [6.07, 6.45) is 0. The topological polar surface area (TPSA) is 38.3 Å². The molecule has 1 rings (SSSR count). The zero-order chi connectivity index (χ0) is 13.1. The third-order valence-electron chi connectivity index (χ3n) is 2.16. The maximum Gasteiger partial charge on any atom is 0.252 e. The minimum absolute atomic E-state index is 0.149. The second kappa shape index (κ2) is 5.89. The van der Waals surface area contributed by atoms with Crippen molar-refractivity contribution in [2.24, 2.45) is 0 Å². The summed E-state index contributed by atoms with van der Waals surface area (Å²) in [6, 6.07) is 5.35. The highest BCUT2D eigenvalue weighted by molar-refractivity contribution is 9.10. The van der Waals surface area contributed by atoms with Crippen LogP contribution >= 0.6 is 28.6 Å². The van der Waals surface area contributed by atoms with Gasteiger partial charge >= 0.3 is 0 Å². The zero-order valence-electron chi connectivity index (χ0n) is 10.1. The van der Waals surface area contributed by atoms with Crippen molar-refractivity contribution >= 4 is 34.5 Å². The van der Waals surface area contributed by atoms with Gasteiger partial charge in [0.15, 0.2) is 0 Å². The molecule has 0 fully saturated rings. The van der Waals surface area contributed by atoms with Crippen LogP contribution in [0.3, 0.4) is 0 Å². The van der Waals surface area contributed by atoms with Crippen LogP contribution in [-0.2, 0) is 4.74 Å². The molecule has 0 radical (unpaired) electrons. The van der Waals surface area contributed by atoms with E-state index in [2.05, 4.69) is 33.9 Å². The molecule has 1 aromatic carbocycles. The lowest BCUT2D eigenvalue weighted by molar-refractivity contribution is 0.0817. The fraction of sp³-hybridized carbons (Fsp3) is 0.417. The Morgan fingerprint density at radius 2 is 2.18 bits per heavy atom. The summed E-state index contributed by atoms with van der Waals surface area (Å²) in [5.74, 6) is -0.149. The first-order valence-electron chi connectivity index (χ1n) is 5.16. The van der Waals surface area contributed by atoms with Gasteiger partial charge in [0.1, 0.15) is 0 Å². The Morgan fingerprint density at radius 3 is 2.71 bits per heavy atom. The number of carbonyl (C=O) groups is 1. The monoisotopic (exact) mass is 317 g/mol. The van der Waals surface area contributed by atoms with Gasteiger partial charge in [-0.2, -0.15) is 0 Å². The molecular weight excluding hydrogens is 302 g/mol. The van der Waals surface area contributed by atoms with Gasteiger partial charge in [0, 0.05) is 16.5 Å². The Labute approximate surface area is 115 Å². The number of nitrogens with one attached hydrogen (secondary N) is 1. The van der Waals surface area contributed by atoms with Gasteiger partial charge in [-0.1, -0.05) is 15.9 Å². The molecule has 1 aromatic rings. The highest BCUT2D eigenvalue weighted by Crippen LogP contribution is 2.20. The number of hydrogen-bond acceptors (Lipinski definition) is 3. The lowest BCUT2D eigenvalue weighted by atomic mass is 10.1. The molecule has 0 aliphatic heterocycles. The Bertz CT molecular complexity index is 421. The van der Waals surface area contributed by atoms with E-state index in [0.29, 0.717) is 17.1 Å². The zero-order valence-corrected chi connectivity index (χ0v) is 12.6. The summed E-state index contributed by atoms with van der Waals surface area (Å²) in [7, 11) is 1.61. The van der Waals surface area contributed by atoms with Gasteiger partial charge in [-0.15, -0.1) is 12.6 Å². The Balaban J connectivity index is 2.83. The molecule has 94 valence electrons. The van der Waals surface area contributed by atoms with Crippen LogP contribution in [0.4, 0.5) is 0 Å². The molecule has 0 spiro atoms. The van der Waals surface area contributed by atoms with Crippen molar-refractivity contribution in [1.82, 2.24) is 5.32 Å². The number of methoxy groups -OCH3 is 1. The van der Waals surface area contributed by atoms with Crippen molar-refractivity contribution in [3.8, 4) is 0 Å². The van der Waals surface area contributed by atoms with Gasteiger partial charge in [-0.25, -0.2) is 0 Å². The van der Waals surface area contributed by atoms with Gasteiger partial charge in [0.05, 0.1) is 17.7 Å². The summed E-state index contributed by atoms with van der Waals surface area (Å²) in [6.45, 7) is 4.27. The Hall–Kier alpha value is -0.520. The number of benzene rings is 1. The quantitative estimate of drug-likeness (QED) is 0.838. The molecule has 0 aliphatic carbocycles. The molecule has 0 atom stereocenters. The Kier molecular flexibility index (Phi) is 5.04. The number of thiol groups is 1. The van der Waals surface area contributed by atoms with Crippen molar-refractivity contribution in [3.63, 3.8) is 0 Å². The van der Waals surface area contributed by atoms with Gasteiger partial charge in [0.2, 0.25) is 0 Å². The number of hydrogen-bond donors (Lipinski definition) is 2. The largest absolute Gasteiger partial charge is 0.382 e. The summed E-state index contributed by atoms with van der Waals surface area (Å²) in [4.78, 5) is 12.7. The summed E-state index contributed by atoms with van der Waals surface area (Å²) in [5.41, 5.74) is 0.153. The van der Waals surface area contributed by atoms with Crippen LogP contribution in [0, 0.1) is 0 Å². The van der Waals surface area contributed by atoms with Crippen molar-refractivity contribution in [3.05, 3.63) is 28.2 Å². The lowest BCUT2D eigenvalue weighted by Crippen LogP contribution is -2.46. The fourth-order valence-corrected chi connectivity index (χ4v) is 2.32. The second-order valence-electron chi connectivity index (χ2n) is 4.43. The van der Waals surface area contributed by atoms with E-state index in [9.17, 15) is 4.79 Å². The first-order valence-corrected chi connectivity index (χ1v) is 6.40. The molecule has 0 saturated heterocycles. The molecule has 5 heteroatoms.